The predicted molar refractivity (Wildman–Crippen MR) is 88.3 cm³/mol. The Morgan fingerprint density at radius 1 is 1.29 bits per heavy atom. The fraction of sp³-hybridized carbons (Fsp3) is 0.778. The highest BCUT2D eigenvalue weighted by atomic mass is 16.3. The zero-order valence-electron chi connectivity index (χ0n) is 14.5. The Balaban J connectivity index is 1.93. The van der Waals surface area contributed by atoms with Crippen molar-refractivity contribution in [1.82, 2.24) is 10.2 Å². The molecule has 21 heavy (non-hydrogen) atoms. The van der Waals surface area contributed by atoms with Crippen LogP contribution in [0.3, 0.4) is 0 Å². The van der Waals surface area contributed by atoms with Crippen molar-refractivity contribution in [2.24, 2.45) is 11.3 Å². The fourth-order valence-corrected chi connectivity index (χ4v) is 3.40. The lowest BCUT2D eigenvalue weighted by atomic mass is 9.77. The zero-order valence-corrected chi connectivity index (χ0v) is 14.5. The highest BCUT2D eigenvalue weighted by Crippen LogP contribution is 2.34. The highest BCUT2D eigenvalue weighted by molar-refractivity contribution is 5.20. The molecule has 0 radical (unpaired) electrons. The third-order valence-corrected chi connectivity index (χ3v) is 4.83. The van der Waals surface area contributed by atoms with Crippen LogP contribution in [0.5, 0.6) is 0 Å². The maximum atomic E-state index is 5.99. The molecule has 1 aromatic heterocycles. The monoisotopic (exact) mass is 292 g/mol. The Bertz CT molecular complexity index is 445. The van der Waals surface area contributed by atoms with Crippen molar-refractivity contribution in [3.8, 4) is 0 Å². The molecule has 0 amide bonds. The van der Waals surface area contributed by atoms with Crippen LogP contribution in [0.2, 0.25) is 0 Å². The van der Waals surface area contributed by atoms with E-state index in [1.807, 2.05) is 7.05 Å². The van der Waals surface area contributed by atoms with Gasteiger partial charge in [0.2, 0.25) is 0 Å². The molecule has 3 heteroatoms. The van der Waals surface area contributed by atoms with Gasteiger partial charge in [0.15, 0.2) is 0 Å². The van der Waals surface area contributed by atoms with Crippen LogP contribution in [0.25, 0.3) is 0 Å². The van der Waals surface area contributed by atoms with Crippen molar-refractivity contribution in [2.75, 3.05) is 20.1 Å². The summed E-state index contributed by atoms with van der Waals surface area (Å²) in [5.74, 6) is 3.04. The van der Waals surface area contributed by atoms with Gasteiger partial charge in [0.1, 0.15) is 11.5 Å². The van der Waals surface area contributed by atoms with Crippen molar-refractivity contribution in [3.05, 3.63) is 23.2 Å². The molecule has 1 aliphatic heterocycles. The maximum absolute atomic E-state index is 5.99. The normalized spacial score (nSPS) is 21.5. The quantitative estimate of drug-likeness (QED) is 0.910. The summed E-state index contributed by atoms with van der Waals surface area (Å²) < 4.78 is 5.99. The summed E-state index contributed by atoms with van der Waals surface area (Å²) >= 11 is 0. The number of nitrogens with one attached hydrogen (secondary N) is 1. The van der Waals surface area contributed by atoms with Gasteiger partial charge in [-0.05, 0) is 69.3 Å². The molecule has 120 valence electrons. The second kappa shape index (κ2) is 6.97. The largest absolute Gasteiger partial charge is 0.463 e. The average molecular weight is 292 g/mol. The van der Waals surface area contributed by atoms with Crippen LogP contribution < -0.4 is 5.32 Å². The molecule has 0 aliphatic carbocycles. The second-order valence-electron chi connectivity index (χ2n) is 7.62. The smallest absolute Gasteiger partial charge is 0.120 e. The molecule has 2 rings (SSSR count). The molecule has 3 nitrogen and oxygen atoms in total. The first-order chi connectivity index (χ1) is 9.90. The van der Waals surface area contributed by atoms with E-state index >= 15 is 0 Å². The van der Waals surface area contributed by atoms with E-state index in [0.717, 1.165) is 30.5 Å². The van der Waals surface area contributed by atoms with E-state index in [-0.39, 0.29) is 0 Å². The predicted octanol–water partition coefficient (Wildman–Crippen LogP) is 3.96. The van der Waals surface area contributed by atoms with E-state index < -0.39 is 0 Å². The molecule has 1 fully saturated rings. The summed E-state index contributed by atoms with van der Waals surface area (Å²) in [6.07, 6.45) is 3.99. The van der Waals surface area contributed by atoms with Crippen LogP contribution >= 0.6 is 0 Å². The lowest BCUT2D eigenvalue weighted by Crippen LogP contribution is -2.25. The first kappa shape index (κ1) is 16.6. The van der Waals surface area contributed by atoms with Gasteiger partial charge in [0.05, 0.1) is 13.1 Å². The Morgan fingerprint density at radius 3 is 2.71 bits per heavy atom. The lowest BCUT2D eigenvalue weighted by molar-refractivity contribution is 0.202. The molecular weight excluding hydrogens is 260 g/mol. The number of furan rings is 1. The van der Waals surface area contributed by atoms with Gasteiger partial charge < -0.3 is 9.73 Å². The van der Waals surface area contributed by atoms with Crippen molar-refractivity contribution in [2.45, 2.75) is 60.0 Å². The lowest BCUT2D eigenvalue weighted by Gasteiger charge is -2.29. The Morgan fingerprint density at radius 2 is 2.05 bits per heavy atom. The second-order valence-corrected chi connectivity index (χ2v) is 7.62. The van der Waals surface area contributed by atoms with Crippen LogP contribution in [-0.2, 0) is 13.1 Å². The molecular formula is C18H32N2O. The van der Waals surface area contributed by atoms with Gasteiger partial charge in [-0.3, -0.25) is 4.90 Å². The number of hydrogen-bond donors (Lipinski definition) is 1. The summed E-state index contributed by atoms with van der Waals surface area (Å²) in [5, 5.41) is 3.17. The van der Waals surface area contributed by atoms with Gasteiger partial charge in [-0.2, -0.15) is 0 Å². The van der Waals surface area contributed by atoms with Crippen molar-refractivity contribution in [3.63, 3.8) is 0 Å². The van der Waals surface area contributed by atoms with Gasteiger partial charge in [0.25, 0.3) is 0 Å². The Kier molecular flexibility index (Phi) is 5.50. The summed E-state index contributed by atoms with van der Waals surface area (Å²) in [6.45, 7) is 13.5. The molecule has 1 unspecified atom stereocenters. The van der Waals surface area contributed by atoms with E-state index in [1.54, 1.807) is 0 Å². The van der Waals surface area contributed by atoms with E-state index in [4.69, 9.17) is 4.42 Å². The summed E-state index contributed by atoms with van der Waals surface area (Å²) in [5.41, 5.74) is 1.71. The minimum Gasteiger partial charge on any atom is -0.463 e. The molecule has 1 saturated heterocycles. The van der Waals surface area contributed by atoms with Crippen molar-refractivity contribution >= 4 is 0 Å². The van der Waals surface area contributed by atoms with Crippen LogP contribution in [0.4, 0.5) is 0 Å². The van der Waals surface area contributed by atoms with E-state index in [9.17, 15) is 0 Å². The van der Waals surface area contributed by atoms with Crippen molar-refractivity contribution in [1.29, 1.82) is 0 Å². The summed E-state index contributed by atoms with van der Waals surface area (Å²) in [7, 11) is 1.96. The SMILES string of the molecule is CNCc1oc(CN2CCCC(C(C)(C)C)CC2)cc1C. The van der Waals surface area contributed by atoms with E-state index in [1.165, 1.54) is 37.9 Å². The van der Waals surface area contributed by atoms with E-state index in [2.05, 4.69) is 44.0 Å². The first-order valence-electron chi connectivity index (χ1n) is 8.35. The molecule has 1 aliphatic rings. The number of rotatable bonds is 4. The number of aryl methyl sites for hydroxylation is 1. The topological polar surface area (TPSA) is 28.4 Å². The Labute approximate surface area is 130 Å². The van der Waals surface area contributed by atoms with Gasteiger partial charge in [-0.1, -0.05) is 20.8 Å². The van der Waals surface area contributed by atoms with Gasteiger partial charge >= 0.3 is 0 Å². The molecule has 1 atom stereocenters. The molecule has 0 aromatic carbocycles. The molecule has 0 saturated carbocycles. The minimum atomic E-state index is 0.442. The number of likely N-dealkylation sites (tertiary alicyclic amines) is 1. The molecule has 1 aromatic rings. The molecule has 0 bridgehead atoms. The van der Waals surface area contributed by atoms with Gasteiger partial charge in [-0.25, -0.2) is 0 Å². The van der Waals surface area contributed by atoms with Crippen LogP contribution in [0.15, 0.2) is 10.5 Å². The van der Waals surface area contributed by atoms with Crippen molar-refractivity contribution < 1.29 is 4.42 Å². The van der Waals surface area contributed by atoms with Crippen LogP contribution in [0.1, 0.15) is 57.1 Å². The Hall–Kier alpha value is -0.800. The third kappa shape index (κ3) is 4.58. The minimum absolute atomic E-state index is 0.442. The molecule has 2 heterocycles. The maximum Gasteiger partial charge on any atom is 0.120 e. The summed E-state index contributed by atoms with van der Waals surface area (Å²) in [6, 6.07) is 2.21. The third-order valence-electron chi connectivity index (χ3n) is 4.83. The van der Waals surface area contributed by atoms with Gasteiger partial charge in [0, 0.05) is 0 Å². The zero-order chi connectivity index (χ0) is 15.5. The molecule has 1 N–H and O–H groups in total. The van der Waals surface area contributed by atoms with Crippen LogP contribution in [0, 0.1) is 18.3 Å². The number of hydrogen-bond acceptors (Lipinski definition) is 3. The van der Waals surface area contributed by atoms with Crippen LogP contribution in [-0.4, -0.2) is 25.0 Å². The fourth-order valence-electron chi connectivity index (χ4n) is 3.40. The average Bonchev–Trinajstić information content (AvgIpc) is 2.61. The first-order valence-corrected chi connectivity index (χ1v) is 8.35. The highest BCUT2D eigenvalue weighted by Gasteiger charge is 2.27. The summed E-state index contributed by atoms with van der Waals surface area (Å²) in [4.78, 5) is 2.56. The standard InChI is InChI=1S/C18H32N2O/c1-14-11-16(21-17(14)12-19-5)13-20-9-6-7-15(8-10-20)18(2,3)4/h11,15,19H,6-10,12-13H2,1-5H3. The molecule has 0 spiro atoms. The van der Waals surface area contributed by atoms with Gasteiger partial charge in [-0.15, -0.1) is 0 Å². The number of nitrogens with zero attached hydrogens (tertiary/aromatic N) is 1. The van der Waals surface area contributed by atoms with E-state index in [0.29, 0.717) is 5.41 Å².